The maximum absolute atomic E-state index is 12.1. The lowest BCUT2D eigenvalue weighted by Gasteiger charge is -2.32. The largest absolute Gasteiger partial charge is 0.304 e. The Morgan fingerprint density at radius 1 is 1.20 bits per heavy atom. The van der Waals surface area contributed by atoms with E-state index in [2.05, 4.69) is 16.8 Å². The summed E-state index contributed by atoms with van der Waals surface area (Å²) in [5, 5.41) is 1.35. The number of likely N-dealkylation sites (N-methyl/N-ethyl adjacent to an activating group) is 2. The van der Waals surface area contributed by atoms with Crippen molar-refractivity contribution in [1.82, 2.24) is 14.9 Å². The van der Waals surface area contributed by atoms with E-state index in [9.17, 15) is 4.79 Å². The second-order valence-corrected chi connectivity index (χ2v) is 5.23. The van der Waals surface area contributed by atoms with Gasteiger partial charge in [0.05, 0.1) is 6.54 Å². The zero-order valence-corrected chi connectivity index (χ0v) is 12.3. The van der Waals surface area contributed by atoms with Gasteiger partial charge in [-0.25, -0.2) is 5.06 Å². The summed E-state index contributed by atoms with van der Waals surface area (Å²) in [7, 11) is 3.79. The third-order valence-corrected chi connectivity index (χ3v) is 3.57. The van der Waals surface area contributed by atoms with Gasteiger partial charge in [-0.15, -0.1) is 0 Å². The summed E-state index contributed by atoms with van der Waals surface area (Å²) in [6.45, 7) is 4.76. The Balaban J connectivity index is 1.72. The number of rotatable bonds is 5. The van der Waals surface area contributed by atoms with Crippen LogP contribution in [0.15, 0.2) is 30.3 Å². The van der Waals surface area contributed by atoms with Crippen LogP contribution < -0.4 is 0 Å². The second kappa shape index (κ2) is 7.38. The van der Waals surface area contributed by atoms with Crippen LogP contribution in [0.25, 0.3) is 0 Å². The Hall–Kier alpha value is -1.43. The number of benzene rings is 1. The minimum absolute atomic E-state index is 0.00508. The lowest BCUT2D eigenvalue weighted by atomic mass is 10.2. The zero-order chi connectivity index (χ0) is 14.4. The van der Waals surface area contributed by atoms with Crippen LogP contribution in [0.2, 0.25) is 0 Å². The van der Waals surface area contributed by atoms with Crippen LogP contribution in [0, 0.1) is 0 Å². The molecule has 1 amide bonds. The first-order valence-corrected chi connectivity index (χ1v) is 6.99. The predicted octanol–water partition coefficient (Wildman–Crippen LogP) is 0.824. The first-order chi connectivity index (χ1) is 9.65. The molecule has 1 saturated heterocycles. The molecule has 0 unspecified atom stereocenters. The Bertz CT molecular complexity index is 416. The van der Waals surface area contributed by atoms with E-state index in [-0.39, 0.29) is 5.91 Å². The third kappa shape index (κ3) is 4.59. The highest BCUT2D eigenvalue weighted by molar-refractivity contribution is 5.76. The maximum Gasteiger partial charge on any atom is 0.260 e. The summed E-state index contributed by atoms with van der Waals surface area (Å²) in [6.07, 6.45) is 0. The molecule has 0 spiro atoms. The average molecular weight is 277 g/mol. The molecule has 1 aliphatic heterocycles. The molecule has 1 aliphatic rings. The number of carbonyl (C=O) groups excluding carboxylic acids is 1. The minimum Gasteiger partial charge on any atom is -0.304 e. The van der Waals surface area contributed by atoms with Gasteiger partial charge in [0.15, 0.2) is 0 Å². The van der Waals surface area contributed by atoms with Gasteiger partial charge >= 0.3 is 0 Å². The zero-order valence-electron chi connectivity index (χ0n) is 12.3. The van der Waals surface area contributed by atoms with E-state index >= 15 is 0 Å². The lowest BCUT2D eigenvalue weighted by Crippen LogP contribution is -2.48. The summed E-state index contributed by atoms with van der Waals surface area (Å²) in [6, 6.07) is 9.86. The van der Waals surface area contributed by atoms with Gasteiger partial charge < -0.3 is 4.90 Å². The van der Waals surface area contributed by atoms with Crippen LogP contribution in [-0.4, -0.2) is 67.6 Å². The molecule has 0 radical (unpaired) electrons. The number of carbonyl (C=O) groups is 1. The quantitative estimate of drug-likeness (QED) is 0.747. The molecule has 1 aromatic rings. The van der Waals surface area contributed by atoms with Crippen molar-refractivity contribution >= 4 is 5.91 Å². The summed E-state index contributed by atoms with van der Waals surface area (Å²) in [5.74, 6) is 0.00508. The molecule has 0 aromatic heterocycles. The van der Waals surface area contributed by atoms with E-state index < -0.39 is 0 Å². The van der Waals surface area contributed by atoms with Gasteiger partial charge in [-0.3, -0.25) is 14.5 Å². The van der Waals surface area contributed by atoms with Crippen molar-refractivity contribution in [2.45, 2.75) is 6.61 Å². The molecule has 0 N–H and O–H groups in total. The van der Waals surface area contributed by atoms with Gasteiger partial charge in [0, 0.05) is 33.2 Å². The second-order valence-electron chi connectivity index (χ2n) is 5.23. The smallest absolute Gasteiger partial charge is 0.260 e. The standard InChI is InChI=1S/C15H23N3O2/c1-16-8-10-18(11-9-16)12-15(19)17(2)20-13-14-6-4-3-5-7-14/h3-7H,8-13H2,1-2H3. The first-order valence-electron chi connectivity index (χ1n) is 6.99. The molecule has 20 heavy (non-hydrogen) atoms. The van der Waals surface area contributed by atoms with Crippen LogP contribution in [0.3, 0.4) is 0 Å². The predicted molar refractivity (Wildman–Crippen MR) is 77.9 cm³/mol. The van der Waals surface area contributed by atoms with Crippen molar-refractivity contribution in [2.24, 2.45) is 0 Å². The molecule has 1 heterocycles. The molecule has 5 nitrogen and oxygen atoms in total. The Labute approximate surface area is 120 Å². The average Bonchev–Trinajstić information content (AvgIpc) is 2.48. The Morgan fingerprint density at radius 2 is 1.85 bits per heavy atom. The van der Waals surface area contributed by atoms with Gasteiger partial charge in [0.1, 0.15) is 6.61 Å². The van der Waals surface area contributed by atoms with Crippen LogP contribution in [0.1, 0.15) is 5.56 Å². The van der Waals surface area contributed by atoms with Crippen molar-refractivity contribution in [3.05, 3.63) is 35.9 Å². The summed E-state index contributed by atoms with van der Waals surface area (Å²) in [4.78, 5) is 22.0. The van der Waals surface area contributed by atoms with Gasteiger partial charge in [-0.1, -0.05) is 30.3 Å². The van der Waals surface area contributed by atoms with Crippen molar-refractivity contribution in [3.63, 3.8) is 0 Å². The van der Waals surface area contributed by atoms with E-state index in [4.69, 9.17) is 4.84 Å². The summed E-state index contributed by atoms with van der Waals surface area (Å²) < 4.78 is 0. The minimum atomic E-state index is 0.00508. The van der Waals surface area contributed by atoms with Crippen molar-refractivity contribution < 1.29 is 9.63 Å². The highest BCUT2D eigenvalue weighted by Gasteiger charge is 2.18. The van der Waals surface area contributed by atoms with Crippen molar-refractivity contribution in [2.75, 3.05) is 46.8 Å². The van der Waals surface area contributed by atoms with E-state index in [1.807, 2.05) is 30.3 Å². The third-order valence-electron chi connectivity index (χ3n) is 3.57. The fourth-order valence-corrected chi connectivity index (χ4v) is 2.11. The Morgan fingerprint density at radius 3 is 2.50 bits per heavy atom. The van der Waals surface area contributed by atoms with Gasteiger partial charge in [0.2, 0.25) is 0 Å². The lowest BCUT2D eigenvalue weighted by molar-refractivity contribution is -0.184. The molecular formula is C15H23N3O2. The number of amides is 1. The molecule has 2 rings (SSSR count). The molecule has 0 aliphatic carbocycles. The normalized spacial score (nSPS) is 17.1. The molecule has 5 heteroatoms. The number of nitrogens with zero attached hydrogens (tertiary/aromatic N) is 3. The van der Waals surface area contributed by atoms with E-state index in [1.54, 1.807) is 7.05 Å². The van der Waals surface area contributed by atoms with Crippen molar-refractivity contribution in [1.29, 1.82) is 0 Å². The number of hydrogen-bond donors (Lipinski definition) is 0. The molecular weight excluding hydrogens is 254 g/mol. The monoisotopic (exact) mass is 277 g/mol. The number of hydrogen-bond acceptors (Lipinski definition) is 4. The fraction of sp³-hybridized carbons (Fsp3) is 0.533. The van der Waals surface area contributed by atoms with Gasteiger partial charge in [-0.05, 0) is 12.6 Å². The summed E-state index contributed by atoms with van der Waals surface area (Å²) in [5.41, 5.74) is 1.06. The molecule has 1 aromatic carbocycles. The van der Waals surface area contributed by atoms with Gasteiger partial charge in [-0.2, -0.15) is 0 Å². The molecule has 0 bridgehead atoms. The maximum atomic E-state index is 12.1. The van der Waals surface area contributed by atoms with Crippen LogP contribution >= 0.6 is 0 Å². The van der Waals surface area contributed by atoms with Crippen LogP contribution in [-0.2, 0) is 16.2 Å². The van der Waals surface area contributed by atoms with E-state index in [0.717, 1.165) is 31.7 Å². The molecule has 110 valence electrons. The Kier molecular flexibility index (Phi) is 5.52. The number of piperazine rings is 1. The molecule has 0 atom stereocenters. The molecule has 1 fully saturated rings. The highest BCUT2D eigenvalue weighted by atomic mass is 16.7. The SMILES string of the molecule is CN1CCN(CC(=O)N(C)OCc2ccccc2)CC1. The van der Waals surface area contributed by atoms with E-state index in [0.29, 0.717) is 13.2 Å². The van der Waals surface area contributed by atoms with Crippen molar-refractivity contribution in [3.8, 4) is 0 Å². The van der Waals surface area contributed by atoms with Gasteiger partial charge in [0.25, 0.3) is 5.91 Å². The fourth-order valence-electron chi connectivity index (χ4n) is 2.11. The highest BCUT2D eigenvalue weighted by Crippen LogP contribution is 2.04. The van der Waals surface area contributed by atoms with E-state index in [1.165, 1.54) is 5.06 Å². The number of hydroxylamine groups is 2. The van der Waals surface area contributed by atoms with Crippen LogP contribution in [0.5, 0.6) is 0 Å². The molecule has 0 saturated carbocycles. The van der Waals surface area contributed by atoms with Crippen LogP contribution in [0.4, 0.5) is 0 Å². The summed E-state index contributed by atoms with van der Waals surface area (Å²) >= 11 is 0. The topological polar surface area (TPSA) is 36.0 Å². The first kappa shape index (κ1) is 15.0.